The molecule has 3 N–H and O–H groups in total. The van der Waals surface area contributed by atoms with E-state index < -0.39 is 6.04 Å². The van der Waals surface area contributed by atoms with E-state index in [-0.39, 0.29) is 24.5 Å². The number of benzene rings is 1. The van der Waals surface area contributed by atoms with Crippen molar-refractivity contribution >= 4 is 17.5 Å². The summed E-state index contributed by atoms with van der Waals surface area (Å²) >= 11 is 0. The van der Waals surface area contributed by atoms with Crippen LogP contribution in [-0.4, -0.2) is 43.7 Å². The fourth-order valence-electron chi connectivity index (χ4n) is 2.87. The Morgan fingerprint density at radius 2 is 1.91 bits per heavy atom. The van der Waals surface area contributed by atoms with Gasteiger partial charge in [-0.05, 0) is 38.8 Å². The molecule has 0 radical (unpaired) electrons. The molecule has 1 aliphatic heterocycles. The number of hydrogen-bond acceptors (Lipinski definition) is 4. The first-order valence-electron chi connectivity index (χ1n) is 7.89. The second-order valence-electron chi connectivity index (χ2n) is 6.05. The van der Waals surface area contributed by atoms with Crippen LogP contribution in [0, 0.1) is 20.8 Å². The summed E-state index contributed by atoms with van der Waals surface area (Å²) in [5.74, 6) is -0.456. The van der Waals surface area contributed by atoms with Gasteiger partial charge in [-0.15, -0.1) is 0 Å². The topological polar surface area (TPSA) is 79.5 Å². The molecule has 6 heteroatoms. The monoisotopic (exact) mass is 319 g/mol. The maximum Gasteiger partial charge on any atom is 0.243 e. The summed E-state index contributed by atoms with van der Waals surface area (Å²) in [6.07, 6.45) is -0.201. The number of carbonyl (C=O) groups excluding carboxylic acids is 2. The minimum Gasteiger partial charge on any atom is -0.375 e. The van der Waals surface area contributed by atoms with Gasteiger partial charge in [-0.2, -0.15) is 0 Å². The molecule has 126 valence electrons. The van der Waals surface area contributed by atoms with Gasteiger partial charge < -0.3 is 20.7 Å². The molecule has 1 heterocycles. The predicted octanol–water partition coefficient (Wildman–Crippen LogP) is 1.04. The number of amides is 2. The highest BCUT2D eigenvalue weighted by atomic mass is 16.5. The van der Waals surface area contributed by atoms with E-state index in [2.05, 4.69) is 16.0 Å². The average Bonchev–Trinajstić information content (AvgIpc) is 2.49. The average molecular weight is 319 g/mol. The summed E-state index contributed by atoms with van der Waals surface area (Å²) in [4.78, 5) is 24.2. The van der Waals surface area contributed by atoms with Gasteiger partial charge in [-0.1, -0.05) is 17.7 Å². The molecule has 0 bridgehead atoms. The van der Waals surface area contributed by atoms with E-state index in [1.807, 2.05) is 39.8 Å². The fraction of sp³-hybridized carbons (Fsp3) is 0.529. The van der Waals surface area contributed by atoms with Crippen molar-refractivity contribution in [3.05, 3.63) is 28.8 Å². The van der Waals surface area contributed by atoms with Crippen molar-refractivity contribution in [2.45, 2.75) is 39.8 Å². The Labute approximate surface area is 137 Å². The molecule has 6 nitrogen and oxygen atoms in total. The number of morpholine rings is 1. The molecule has 0 unspecified atom stereocenters. The Bertz CT molecular complexity index is 578. The van der Waals surface area contributed by atoms with E-state index in [1.165, 1.54) is 0 Å². The highest BCUT2D eigenvalue weighted by Gasteiger charge is 2.28. The maximum atomic E-state index is 12.1. The first-order chi connectivity index (χ1) is 10.9. The molecule has 1 saturated heterocycles. The summed E-state index contributed by atoms with van der Waals surface area (Å²) in [6.45, 7) is 8.95. The first kappa shape index (κ1) is 17.4. The smallest absolute Gasteiger partial charge is 0.243 e. The van der Waals surface area contributed by atoms with E-state index in [0.717, 1.165) is 22.4 Å². The zero-order valence-electron chi connectivity index (χ0n) is 14.2. The number of anilines is 1. The molecule has 0 spiro atoms. The second-order valence-corrected chi connectivity index (χ2v) is 6.05. The Morgan fingerprint density at radius 3 is 2.52 bits per heavy atom. The molecule has 1 aliphatic rings. The number of carbonyl (C=O) groups is 2. The van der Waals surface area contributed by atoms with Crippen molar-refractivity contribution in [1.82, 2.24) is 10.6 Å². The van der Waals surface area contributed by atoms with Crippen LogP contribution in [-0.2, 0) is 14.3 Å². The lowest BCUT2D eigenvalue weighted by molar-refractivity contribution is -0.130. The minimum atomic E-state index is -0.417. The van der Waals surface area contributed by atoms with Crippen molar-refractivity contribution in [2.24, 2.45) is 0 Å². The third-order valence-corrected chi connectivity index (χ3v) is 3.96. The number of hydrogen-bond donors (Lipinski definition) is 3. The lowest BCUT2D eigenvalue weighted by atomic mass is 10.1. The second kappa shape index (κ2) is 7.57. The fourth-order valence-corrected chi connectivity index (χ4v) is 2.87. The zero-order chi connectivity index (χ0) is 17.0. The third-order valence-electron chi connectivity index (χ3n) is 3.96. The van der Waals surface area contributed by atoms with Crippen molar-refractivity contribution < 1.29 is 14.3 Å². The van der Waals surface area contributed by atoms with Crippen molar-refractivity contribution in [1.29, 1.82) is 0 Å². The van der Waals surface area contributed by atoms with Crippen LogP contribution in [0.4, 0.5) is 5.69 Å². The summed E-state index contributed by atoms with van der Waals surface area (Å²) in [5.41, 5.74) is 3.99. The van der Waals surface area contributed by atoms with E-state index in [1.54, 1.807) is 0 Å². The standard InChI is InChI=1S/C17H25N3O3/c1-10-7-11(2)15(12(3)8-10)20-14(21)9-19-17(22)16-13(4)23-6-5-18-16/h7-8,13,16,18H,5-6,9H2,1-4H3,(H,19,22)(H,20,21)/t13-,16+/m1/s1. The SMILES string of the molecule is Cc1cc(C)c(NC(=O)CNC(=O)[C@H]2NCCO[C@@H]2C)c(C)c1. The lowest BCUT2D eigenvalue weighted by Gasteiger charge is -2.29. The molecule has 0 aromatic heterocycles. The van der Waals surface area contributed by atoms with Gasteiger partial charge in [0.15, 0.2) is 0 Å². The minimum absolute atomic E-state index is 0.0590. The molecular weight excluding hydrogens is 294 g/mol. The molecular formula is C17H25N3O3. The Morgan fingerprint density at radius 1 is 1.26 bits per heavy atom. The molecule has 2 amide bonds. The van der Waals surface area contributed by atoms with Gasteiger partial charge >= 0.3 is 0 Å². The van der Waals surface area contributed by atoms with E-state index in [4.69, 9.17) is 4.74 Å². The van der Waals surface area contributed by atoms with Gasteiger partial charge in [0.2, 0.25) is 11.8 Å². The van der Waals surface area contributed by atoms with Gasteiger partial charge in [-0.3, -0.25) is 9.59 Å². The number of rotatable bonds is 4. The van der Waals surface area contributed by atoms with Gasteiger partial charge in [0, 0.05) is 12.2 Å². The molecule has 1 aromatic carbocycles. The van der Waals surface area contributed by atoms with E-state index in [9.17, 15) is 9.59 Å². The Kier molecular flexibility index (Phi) is 5.74. The largest absolute Gasteiger partial charge is 0.375 e. The number of aryl methyl sites for hydroxylation is 3. The Balaban J connectivity index is 1.89. The summed E-state index contributed by atoms with van der Waals surface area (Å²) in [7, 11) is 0. The van der Waals surface area contributed by atoms with Gasteiger partial charge in [0.1, 0.15) is 6.04 Å². The summed E-state index contributed by atoms with van der Waals surface area (Å²) in [6, 6.07) is 3.62. The van der Waals surface area contributed by atoms with Crippen LogP contribution in [0.25, 0.3) is 0 Å². The quantitative estimate of drug-likeness (QED) is 0.775. The van der Waals surface area contributed by atoms with Gasteiger partial charge in [-0.25, -0.2) is 0 Å². The van der Waals surface area contributed by atoms with Crippen LogP contribution in [0.2, 0.25) is 0 Å². The third kappa shape index (κ3) is 4.53. The maximum absolute atomic E-state index is 12.1. The van der Waals surface area contributed by atoms with E-state index >= 15 is 0 Å². The van der Waals surface area contributed by atoms with Crippen LogP contribution in [0.15, 0.2) is 12.1 Å². The highest BCUT2D eigenvalue weighted by molar-refractivity contribution is 5.96. The van der Waals surface area contributed by atoms with Crippen LogP contribution in [0.5, 0.6) is 0 Å². The number of nitrogens with one attached hydrogen (secondary N) is 3. The lowest BCUT2D eigenvalue weighted by Crippen LogP contribution is -2.56. The van der Waals surface area contributed by atoms with Crippen molar-refractivity contribution in [3.8, 4) is 0 Å². The summed E-state index contributed by atoms with van der Waals surface area (Å²) in [5, 5.41) is 8.63. The molecule has 1 fully saturated rings. The highest BCUT2D eigenvalue weighted by Crippen LogP contribution is 2.21. The molecule has 0 aliphatic carbocycles. The normalized spacial score (nSPS) is 20.9. The van der Waals surface area contributed by atoms with Crippen LogP contribution < -0.4 is 16.0 Å². The Hall–Kier alpha value is -1.92. The van der Waals surface area contributed by atoms with Gasteiger partial charge in [0.05, 0.1) is 19.3 Å². The zero-order valence-corrected chi connectivity index (χ0v) is 14.2. The molecule has 2 atom stereocenters. The van der Waals surface area contributed by atoms with Crippen molar-refractivity contribution in [3.63, 3.8) is 0 Å². The van der Waals surface area contributed by atoms with Gasteiger partial charge in [0.25, 0.3) is 0 Å². The molecule has 23 heavy (non-hydrogen) atoms. The molecule has 0 saturated carbocycles. The van der Waals surface area contributed by atoms with Crippen LogP contribution in [0.1, 0.15) is 23.6 Å². The predicted molar refractivity (Wildman–Crippen MR) is 89.5 cm³/mol. The van der Waals surface area contributed by atoms with Crippen LogP contribution in [0.3, 0.4) is 0 Å². The van der Waals surface area contributed by atoms with E-state index in [0.29, 0.717) is 13.2 Å². The number of ether oxygens (including phenoxy) is 1. The summed E-state index contributed by atoms with van der Waals surface area (Å²) < 4.78 is 5.43. The van der Waals surface area contributed by atoms with Crippen LogP contribution >= 0.6 is 0 Å². The van der Waals surface area contributed by atoms with Crippen molar-refractivity contribution in [2.75, 3.05) is 25.0 Å². The first-order valence-corrected chi connectivity index (χ1v) is 7.89. The molecule has 2 rings (SSSR count). The molecule has 1 aromatic rings.